The van der Waals surface area contributed by atoms with Gasteiger partial charge in [0.2, 0.25) is 5.91 Å². The van der Waals surface area contributed by atoms with Crippen molar-refractivity contribution in [3.8, 4) is 0 Å². The molecule has 0 unspecified atom stereocenters. The molecule has 2 N–H and O–H groups in total. The van der Waals surface area contributed by atoms with Gasteiger partial charge in [-0.1, -0.05) is 0 Å². The number of carbonyl (C=O) groups is 1. The second kappa shape index (κ2) is 5.16. The molecule has 0 aromatic heterocycles. The van der Waals surface area contributed by atoms with Crippen molar-refractivity contribution in [2.75, 3.05) is 39.4 Å². The number of aliphatic hydroxyl groups excluding tert-OH is 2. The number of hydrogen-bond donors (Lipinski definition) is 2. The molecule has 0 spiro atoms. The minimum Gasteiger partial charge on any atom is -0.395 e. The molecule has 5 nitrogen and oxygen atoms in total. The van der Waals surface area contributed by atoms with Crippen LogP contribution in [0.3, 0.4) is 0 Å². The van der Waals surface area contributed by atoms with Gasteiger partial charge in [0.1, 0.15) is 0 Å². The Morgan fingerprint density at radius 3 is 2.31 bits per heavy atom. The molecule has 1 aliphatic heterocycles. The molecule has 0 saturated carbocycles. The fourth-order valence-corrected chi connectivity index (χ4v) is 1.30. The summed E-state index contributed by atoms with van der Waals surface area (Å²) in [4.78, 5) is 13.2. The fourth-order valence-electron chi connectivity index (χ4n) is 1.30. The van der Waals surface area contributed by atoms with Gasteiger partial charge < -0.3 is 15.1 Å². The van der Waals surface area contributed by atoms with E-state index >= 15 is 0 Å². The first kappa shape index (κ1) is 10.4. The molecule has 1 saturated heterocycles. The van der Waals surface area contributed by atoms with Crippen LogP contribution in [0.25, 0.3) is 0 Å². The molecule has 0 aromatic carbocycles. The zero-order valence-corrected chi connectivity index (χ0v) is 7.52. The first-order valence-corrected chi connectivity index (χ1v) is 4.43. The number of piperazine rings is 1. The largest absolute Gasteiger partial charge is 0.395 e. The van der Waals surface area contributed by atoms with E-state index in [1.807, 2.05) is 0 Å². The van der Waals surface area contributed by atoms with E-state index < -0.39 is 5.92 Å². The van der Waals surface area contributed by atoms with Gasteiger partial charge in [0, 0.05) is 26.2 Å². The number of carbonyl (C=O) groups excluding carboxylic acids is 1. The summed E-state index contributed by atoms with van der Waals surface area (Å²) in [7, 11) is 0. The lowest BCUT2D eigenvalue weighted by Crippen LogP contribution is -2.47. The fraction of sp³-hybridized carbons (Fsp3) is 0.875. The van der Waals surface area contributed by atoms with Crippen molar-refractivity contribution in [1.82, 2.24) is 10.2 Å². The van der Waals surface area contributed by atoms with Crippen molar-refractivity contribution in [1.29, 1.82) is 0 Å². The molecule has 1 heterocycles. The number of amides is 1. The van der Waals surface area contributed by atoms with E-state index in [2.05, 4.69) is 5.32 Å². The van der Waals surface area contributed by atoms with Gasteiger partial charge in [-0.25, -0.2) is 5.32 Å². The average molecular weight is 187 g/mol. The van der Waals surface area contributed by atoms with Crippen molar-refractivity contribution in [2.45, 2.75) is 0 Å². The summed E-state index contributed by atoms with van der Waals surface area (Å²) in [6.07, 6.45) is 0. The lowest BCUT2D eigenvalue weighted by molar-refractivity contribution is -0.138. The van der Waals surface area contributed by atoms with Gasteiger partial charge in [-0.15, -0.1) is 0 Å². The Morgan fingerprint density at radius 2 is 1.85 bits per heavy atom. The number of nitrogens with zero attached hydrogens (tertiary/aromatic N) is 2. The van der Waals surface area contributed by atoms with E-state index in [-0.39, 0.29) is 19.1 Å². The summed E-state index contributed by atoms with van der Waals surface area (Å²) in [5.41, 5.74) is 0. The lowest BCUT2D eigenvalue weighted by Gasteiger charge is -2.28. The summed E-state index contributed by atoms with van der Waals surface area (Å²) in [6, 6.07) is 0. The maximum Gasteiger partial charge on any atom is 0.230 e. The molecule has 0 bridgehead atoms. The van der Waals surface area contributed by atoms with Gasteiger partial charge in [-0.3, -0.25) is 4.79 Å². The normalized spacial score (nSPS) is 17.9. The number of rotatable bonds is 3. The van der Waals surface area contributed by atoms with Crippen LogP contribution in [0.4, 0.5) is 0 Å². The smallest absolute Gasteiger partial charge is 0.230 e. The molecular weight excluding hydrogens is 172 g/mol. The summed E-state index contributed by atoms with van der Waals surface area (Å²) in [6.45, 7) is 1.96. The van der Waals surface area contributed by atoms with Crippen molar-refractivity contribution in [2.24, 2.45) is 5.92 Å². The number of aliphatic hydroxyl groups is 2. The van der Waals surface area contributed by atoms with E-state index in [9.17, 15) is 4.79 Å². The highest BCUT2D eigenvalue weighted by molar-refractivity contribution is 5.79. The molecule has 0 aromatic rings. The van der Waals surface area contributed by atoms with Crippen LogP contribution >= 0.6 is 0 Å². The topological polar surface area (TPSA) is 74.9 Å². The van der Waals surface area contributed by atoms with Gasteiger partial charge in [-0.05, 0) is 0 Å². The minimum absolute atomic E-state index is 0.167. The van der Waals surface area contributed by atoms with Crippen LogP contribution in [0.5, 0.6) is 0 Å². The molecule has 1 aliphatic rings. The van der Waals surface area contributed by atoms with Crippen molar-refractivity contribution >= 4 is 5.91 Å². The maximum atomic E-state index is 11.5. The predicted molar refractivity (Wildman–Crippen MR) is 46.1 cm³/mol. The monoisotopic (exact) mass is 187 g/mol. The lowest BCUT2D eigenvalue weighted by atomic mass is 10.1. The molecule has 1 radical (unpaired) electrons. The molecule has 13 heavy (non-hydrogen) atoms. The third-order valence-corrected chi connectivity index (χ3v) is 2.16. The summed E-state index contributed by atoms with van der Waals surface area (Å²) in [5, 5.41) is 21.7. The predicted octanol–water partition coefficient (Wildman–Crippen LogP) is -1.97. The Kier molecular flexibility index (Phi) is 4.14. The molecule has 1 fully saturated rings. The zero-order valence-electron chi connectivity index (χ0n) is 7.52. The minimum atomic E-state index is -0.655. The standard InChI is InChI=1S/C8H15N2O3/c11-5-7(6-12)8(13)10-3-1-9-2-4-10/h7,11-12H,1-6H2. The van der Waals surface area contributed by atoms with Crippen molar-refractivity contribution < 1.29 is 15.0 Å². The molecule has 5 heteroatoms. The summed E-state index contributed by atoms with van der Waals surface area (Å²) < 4.78 is 0. The molecular formula is C8H15N2O3. The molecule has 0 aliphatic carbocycles. The van der Waals surface area contributed by atoms with Gasteiger partial charge >= 0.3 is 0 Å². The SMILES string of the molecule is O=C(C(CO)CO)N1CC[N]CC1. The van der Waals surface area contributed by atoms with Crippen molar-refractivity contribution in [3.05, 3.63) is 0 Å². The van der Waals surface area contributed by atoms with E-state index in [0.29, 0.717) is 26.2 Å². The second-order valence-corrected chi connectivity index (χ2v) is 3.06. The number of hydrogen-bond acceptors (Lipinski definition) is 3. The summed E-state index contributed by atoms with van der Waals surface area (Å²) >= 11 is 0. The molecule has 0 atom stereocenters. The molecule has 1 rings (SSSR count). The first-order valence-electron chi connectivity index (χ1n) is 4.43. The molecule has 75 valence electrons. The third kappa shape index (κ3) is 2.65. The Morgan fingerprint density at radius 1 is 1.31 bits per heavy atom. The van der Waals surface area contributed by atoms with Crippen LogP contribution in [0.1, 0.15) is 0 Å². The third-order valence-electron chi connectivity index (χ3n) is 2.16. The highest BCUT2D eigenvalue weighted by Gasteiger charge is 2.24. The first-order chi connectivity index (χ1) is 6.29. The van der Waals surface area contributed by atoms with Crippen LogP contribution in [-0.4, -0.2) is 60.4 Å². The van der Waals surface area contributed by atoms with Crippen LogP contribution in [0, 0.1) is 5.92 Å². The van der Waals surface area contributed by atoms with Crippen LogP contribution in [0.2, 0.25) is 0 Å². The van der Waals surface area contributed by atoms with E-state index in [4.69, 9.17) is 10.2 Å². The quantitative estimate of drug-likeness (QED) is 0.538. The van der Waals surface area contributed by atoms with Crippen LogP contribution in [0.15, 0.2) is 0 Å². The average Bonchev–Trinajstić information content (AvgIpc) is 2.21. The van der Waals surface area contributed by atoms with Gasteiger partial charge in [0.15, 0.2) is 0 Å². The van der Waals surface area contributed by atoms with E-state index in [1.54, 1.807) is 4.90 Å². The molecule has 1 amide bonds. The summed E-state index contributed by atoms with van der Waals surface area (Å²) in [5.74, 6) is -0.821. The highest BCUT2D eigenvalue weighted by Crippen LogP contribution is 2.03. The van der Waals surface area contributed by atoms with Gasteiger partial charge in [0.25, 0.3) is 0 Å². The Hall–Kier alpha value is -0.650. The van der Waals surface area contributed by atoms with E-state index in [0.717, 1.165) is 0 Å². The maximum absolute atomic E-state index is 11.5. The van der Waals surface area contributed by atoms with E-state index in [1.165, 1.54) is 0 Å². The van der Waals surface area contributed by atoms with Crippen LogP contribution in [-0.2, 0) is 4.79 Å². The van der Waals surface area contributed by atoms with Crippen molar-refractivity contribution in [3.63, 3.8) is 0 Å². The van der Waals surface area contributed by atoms with Gasteiger partial charge in [-0.2, -0.15) is 0 Å². The van der Waals surface area contributed by atoms with Gasteiger partial charge in [0.05, 0.1) is 19.1 Å². The Bertz CT molecular complexity index is 165. The highest BCUT2D eigenvalue weighted by atomic mass is 16.3. The zero-order chi connectivity index (χ0) is 9.68. The Labute approximate surface area is 77.3 Å². The Balaban J connectivity index is 2.44. The van der Waals surface area contributed by atoms with Crippen LogP contribution < -0.4 is 5.32 Å². The second-order valence-electron chi connectivity index (χ2n) is 3.06.